The Bertz CT molecular complexity index is 810. The number of imidazole rings is 1. The van der Waals surface area contributed by atoms with Crippen molar-refractivity contribution in [2.75, 3.05) is 19.6 Å². The normalized spacial score (nSPS) is 17.5. The molecule has 0 aromatic carbocycles. The number of hydrogen-bond acceptors (Lipinski definition) is 7. The quantitative estimate of drug-likeness (QED) is 0.224. The largest absolute Gasteiger partial charge is 0.480 e. The number of nitrogens with two attached hydrogens (primary N) is 1. The van der Waals surface area contributed by atoms with E-state index in [0.29, 0.717) is 25.1 Å². The van der Waals surface area contributed by atoms with E-state index in [0.717, 1.165) is 0 Å². The number of carbonyl (C=O) groups excluding carboxylic acids is 4. The first-order valence-electron chi connectivity index (χ1n) is 9.79. The third kappa shape index (κ3) is 7.06. The molecule has 0 spiro atoms. The first kappa shape index (κ1) is 23.8. The number of nitrogens with one attached hydrogen (secondary N) is 4. The molecular weight excluding hydrogens is 410 g/mol. The molecule has 0 bridgehead atoms. The van der Waals surface area contributed by atoms with E-state index >= 15 is 0 Å². The minimum Gasteiger partial charge on any atom is -0.480 e. The second-order valence-corrected chi connectivity index (χ2v) is 7.19. The summed E-state index contributed by atoms with van der Waals surface area (Å²) in [4.78, 5) is 68.0. The molecular formula is C18H27N7O6. The molecule has 3 atom stereocenters. The van der Waals surface area contributed by atoms with Crippen LogP contribution in [0.3, 0.4) is 0 Å². The Kier molecular flexibility index (Phi) is 8.49. The number of rotatable bonds is 10. The van der Waals surface area contributed by atoms with E-state index in [4.69, 9.17) is 10.8 Å². The van der Waals surface area contributed by atoms with Gasteiger partial charge in [0.05, 0.1) is 24.6 Å². The lowest BCUT2D eigenvalue weighted by Crippen LogP contribution is -2.54. The van der Waals surface area contributed by atoms with Crippen molar-refractivity contribution in [3.05, 3.63) is 18.2 Å². The third-order valence-corrected chi connectivity index (χ3v) is 4.68. The van der Waals surface area contributed by atoms with Gasteiger partial charge in [-0.3, -0.25) is 24.0 Å². The molecule has 0 aliphatic carbocycles. The van der Waals surface area contributed by atoms with Gasteiger partial charge >= 0.3 is 5.97 Å². The molecule has 1 aromatic heterocycles. The second-order valence-electron chi connectivity index (χ2n) is 7.19. The summed E-state index contributed by atoms with van der Waals surface area (Å²) in [5.41, 5.74) is 6.10. The van der Waals surface area contributed by atoms with Gasteiger partial charge in [-0.2, -0.15) is 0 Å². The molecule has 1 aliphatic rings. The summed E-state index contributed by atoms with van der Waals surface area (Å²) in [6.07, 6.45) is 4.08. The van der Waals surface area contributed by atoms with E-state index in [1.165, 1.54) is 24.3 Å². The monoisotopic (exact) mass is 437 g/mol. The molecule has 1 fully saturated rings. The van der Waals surface area contributed by atoms with Crippen LogP contribution in [0, 0.1) is 0 Å². The van der Waals surface area contributed by atoms with E-state index < -0.39 is 54.9 Å². The van der Waals surface area contributed by atoms with E-state index in [-0.39, 0.29) is 12.3 Å². The van der Waals surface area contributed by atoms with E-state index in [1.807, 2.05) is 0 Å². The SMILES string of the molecule is C[C@H](N)C(=O)N1CCC[C@H]1C(=O)NCC(=O)N[C@@H](Cc1c[nH]cn1)C(=O)NCC(=O)O. The van der Waals surface area contributed by atoms with Gasteiger partial charge in [0, 0.05) is 19.2 Å². The summed E-state index contributed by atoms with van der Waals surface area (Å²) in [6.45, 7) is 0.935. The first-order valence-corrected chi connectivity index (χ1v) is 9.79. The zero-order chi connectivity index (χ0) is 23.0. The number of nitrogens with zero attached hydrogens (tertiary/aromatic N) is 2. The number of carbonyl (C=O) groups is 5. The summed E-state index contributed by atoms with van der Waals surface area (Å²) < 4.78 is 0. The van der Waals surface area contributed by atoms with Crippen molar-refractivity contribution >= 4 is 29.6 Å². The molecule has 2 heterocycles. The molecule has 0 unspecified atom stereocenters. The van der Waals surface area contributed by atoms with Crippen LogP contribution in [-0.4, -0.2) is 87.3 Å². The molecule has 2 rings (SSSR count). The van der Waals surface area contributed by atoms with E-state index in [2.05, 4.69) is 25.9 Å². The van der Waals surface area contributed by atoms with Gasteiger partial charge < -0.3 is 36.7 Å². The molecule has 170 valence electrons. The zero-order valence-electron chi connectivity index (χ0n) is 17.1. The van der Waals surface area contributed by atoms with E-state index in [1.54, 1.807) is 0 Å². The van der Waals surface area contributed by atoms with Crippen LogP contribution in [0.2, 0.25) is 0 Å². The second kappa shape index (κ2) is 11.1. The summed E-state index contributed by atoms with van der Waals surface area (Å²) in [5, 5.41) is 15.9. The van der Waals surface area contributed by atoms with Gasteiger partial charge in [-0.05, 0) is 19.8 Å². The van der Waals surface area contributed by atoms with Gasteiger partial charge in [-0.25, -0.2) is 4.98 Å². The summed E-state index contributed by atoms with van der Waals surface area (Å²) in [5.74, 6) is -3.40. The summed E-state index contributed by atoms with van der Waals surface area (Å²) in [6, 6.07) is -2.52. The average molecular weight is 437 g/mol. The van der Waals surface area contributed by atoms with Gasteiger partial charge in [0.2, 0.25) is 23.6 Å². The average Bonchev–Trinajstić information content (AvgIpc) is 3.40. The minimum absolute atomic E-state index is 0.0218. The van der Waals surface area contributed by atoms with Crippen molar-refractivity contribution in [1.29, 1.82) is 0 Å². The number of aromatic amines is 1. The van der Waals surface area contributed by atoms with Crippen molar-refractivity contribution in [2.24, 2.45) is 5.73 Å². The zero-order valence-corrected chi connectivity index (χ0v) is 17.1. The number of H-pyrrole nitrogens is 1. The van der Waals surface area contributed by atoms with E-state index in [9.17, 15) is 24.0 Å². The number of aliphatic carboxylic acids is 1. The molecule has 4 amide bonds. The minimum atomic E-state index is -1.23. The summed E-state index contributed by atoms with van der Waals surface area (Å²) in [7, 11) is 0. The van der Waals surface area contributed by atoms with Crippen molar-refractivity contribution in [3.8, 4) is 0 Å². The lowest BCUT2D eigenvalue weighted by atomic mass is 10.1. The Morgan fingerprint density at radius 1 is 1.29 bits per heavy atom. The third-order valence-electron chi connectivity index (χ3n) is 4.68. The van der Waals surface area contributed by atoms with Gasteiger partial charge in [0.25, 0.3) is 0 Å². The highest BCUT2D eigenvalue weighted by atomic mass is 16.4. The van der Waals surface area contributed by atoms with Gasteiger partial charge in [0.1, 0.15) is 18.6 Å². The fourth-order valence-corrected chi connectivity index (χ4v) is 3.20. The number of hydrogen-bond donors (Lipinski definition) is 6. The standard InChI is InChI=1S/C18H27N7O6/c1-10(19)18(31)25-4-2-3-13(25)17(30)21-7-14(26)24-12(5-11-6-20-9-23-11)16(29)22-8-15(27)28/h6,9-10,12-13H,2-5,7-8,19H2,1H3,(H,20,23)(H,21,30)(H,22,29)(H,24,26)(H,27,28)/t10-,12-,13-/m0/s1. The molecule has 0 radical (unpaired) electrons. The van der Waals surface area contributed by atoms with Gasteiger partial charge in [-0.1, -0.05) is 0 Å². The number of carboxylic acids is 1. The van der Waals surface area contributed by atoms with Crippen LogP contribution < -0.4 is 21.7 Å². The van der Waals surface area contributed by atoms with Crippen LogP contribution in [0.4, 0.5) is 0 Å². The fraction of sp³-hybridized carbons (Fsp3) is 0.556. The summed E-state index contributed by atoms with van der Waals surface area (Å²) >= 11 is 0. The molecule has 13 heteroatoms. The topological polar surface area (TPSA) is 200 Å². The van der Waals surface area contributed by atoms with Gasteiger partial charge in [-0.15, -0.1) is 0 Å². The highest BCUT2D eigenvalue weighted by molar-refractivity contribution is 5.94. The predicted molar refractivity (Wildman–Crippen MR) is 106 cm³/mol. The predicted octanol–water partition coefficient (Wildman–Crippen LogP) is -2.91. The molecule has 1 saturated heterocycles. The molecule has 0 saturated carbocycles. The van der Waals surface area contributed by atoms with Crippen molar-refractivity contribution < 1.29 is 29.1 Å². The van der Waals surface area contributed by atoms with Gasteiger partial charge in [0.15, 0.2) is 0 Å². The highest BCUT2D eigenvalue weighted by Crippen LogP contribution is 2.18. The first-order chi connectivity index (χ1) is 14.7. The maximum absolute atomic E-state index is 12.5. The van der Waals surface area contributed by atoms with Crippen LogP contribution in [0.15, 0.2) is 12.5 Å². The fourth-order valence-electron chi connectivity index (χ4n) is 3.20. The Hall–Kier alpha value is -3.48. The van der Waals surface area contributed by atoms with Crippen LogP contribution in [0.25, 0.3) is 0 Å². The molecule has 13 nitrogen and oxygen atoms in total. The van der Waals surface area contributed by atoms with Crippen LogP contribution in [-0.2, 0) is 30.4 Å². The smallest absolute Gasteiger partial charge is 0.322 e. The lowest BCUT2D eigenvalue weighted by molar-refractivity contribution is -0.139. The van der Waals surface area contributed by atoms with Crippen molar-refractivity contribution in [2.45, 2.75) is 44.3 Å². The Morgan fingerprint density at radius 3 is 2.65 bits per heavy atom. The molecule has 1 aliphatic heterocycles. The lowest BCUT2D eigenvalue weighted by Gasteiger charge is -2.25. The number of aromatic nitrogens is 2. The number of carboxylic acid groups (broad SMARTS) is 1. The maximum atomic E-state index is 12.5. The molecule has 1 aromatic rings. The highest BCUT2D eigenvalue weighted by Gasteiger charge is 2.35. The van der Waals surface area contributed by atoms with Crippen LogP contribution in [0.1, 0.15) is 25.5 Å². The molecule has 7 N–H and O–H groups in total. The van der Waals surface area contributed by atoms with Crippen molar-refractivity contribution in [3.63, 3.8) is 0 Å². The van der Waals surface area contributed by atoms with Crippen molar-refractivity contribution in [1.82, 2.24) is 30.8 Å². The Labute approximate surface area is 178 Å². The number of amides is 4. The molecule has 31 heavy (non-hydrogen) atoms. The number of likely N-dealkylation sites (tertiary alicyclic amines) is 1. The van der Waals surface area contributed by atoms with Crippen LogP contribution >= 0.6 is 0 Å². The van der Waals surface area contributed by atoms with Crippen LogP contribution in [0.5, 0.6) is 0 Å². The Balaban J connectivity index is 1.92. The maximum Gasteiger partial charge on any atom is 0.322 e. The Morgan fingerprint density at radius 2 is 2.03 bits per heavy atom.